The van der Waals surface area contributed by atoms with Crippen LogP contribution in [0, 0.1) is 5.92 Å². The Morgan fingerprint density at radius 2 is 1.30 bits per heavy atom. The highest BCUT2D eigenvalue weighted by Crippen LogP contribution is 2.43. The van der Waals surface area contributed by atoms with Crippen LogP contribution in [0.1, 0.15) is 71.5 Å². The van der Waals surface area contributed by atoms with E-state index in [1.54, 1.807) is 24.3 Å². The largest absolute Gasteiger partial charge is 0.478 e. The van der Waals surface area contributed by atoms with Gasteiger partial charge in [-0.05, 0) is 76.3 Å². The van der Waals surface area contributed by atoms with Crippen LogP contribution in [0.5, 0.6) is 0 Å². The van der Waals surface area contributed by atoms with Gasteiger partial charge in [0.2, 0.25) is 0 Å². The van der Waals surface area contributed by atoms with Crippen LogP contribution in [0.15, 0.2) is 54.6 Å². The van der Waals surface area contributed by atoms with Gasteiger partial charge in [-0.25, -0.2) is 9.59 Å². The standard InChI is InChI=1S/C29H32O4/c1-5-11-20-17-19(6-2)25(16-18(3)4)27(22-13-8-10-15-24(22)29(32)33)26(20)21-12-7-9-14-23(21)28(30)31/h7-10,12-15,17-18H,5-6,11,16H2,1-4H3,(H,30,31)(H,32,33). The zero-order valence-electron chi connectivity index (χ0n) is 19.8. The Morgan fingerprint density at radius 1 is 0.788 bits per heavy atom. The van der Waals surface area contributed by atoms with Crippen LogP contribution in [0.25, 0.3) is 22.3 Å². The van der Waals surface area contributed by atoms with Gasteiger partial charge in [0, 0.05) is 0 Å². The van der Waals surface area contributed by atoms with E-state index in [-0.39, 0.29) is 11.1 Å². The first kappa shape index (κ1) is 24.2. The summed E-state index contributed by atoms with van der Waals surface area (Å²) in [4.78, 5) is 24.4. The van der Waals surface area contributed by atoms with Crippen molar-refractivity contribution < 1.29 is 19.8 Å². The summed E-state index contributed by atoms with van der Waals surface area (Å²) in [6, 6.07) is 16.3. The normalized spacial score (nSPS) is 11.1. The molecule has 0 saturated carbocycles. The molecule has 0 unspecified atom stereocenters. The fraction of sp³-hybridized carbons (Fsp3) is 0.310. The number of hydrogen-bond donors (Lipinski definition) is 2. The predicted molar refractivity (Wildman–Crippen MR) is 133 cm³/mol. The van der Waals surface area contributed by atoms with Crippen molar-refractivity contribution in [2.45, 2.75) is 53.4 Å². The van der Waals surface area contributed by atoms with E-state index in [1.165, 1.54) is 5.56 Å². The number of carboxylic acids is 2. The van der Waals surface area contributed by atoms with Crippen LogP contribution in [0.3, 0.4) is 0 Å². The molecule has 172 valence electrons. The Morgan fingerprint density at radius 3 is 1.76 bits per heavy atom. The molecule has 0 aliphatic carbocycles. The molecule has 4 nitrogen and oxygen atoms in total. The van der Waals surface area contributed by atoms with Crippen LogP contribution in [-0.4, -0.2) is 22.2 Å². The van der Waals surface area contributed by atoms with Gasteiger partial charge in [-0.3, -0.25) is 0 Å². The lowest BCUT2D eigenvalue weighted by Crippen LogP contribution is -2.10. The van der Waals surface area contributed by atoms with Crippen molar-refractivity contribution in [1.29, 1.82) is 0 Å². The quantitative estimate of drug-likeness (QED) is 0.368. The maximum Gasteiger partial charge on any atom is 0.336 e. The minimum absolute atomic E-state index is 0.226. The monoisotopic (exact) mass is 444 g/mol. The number of carboxylic acid groups (broad SMARTS) is 2. The fourth-order valence-corrected chi connectivity index (χ4v) is 4.65. The van der Waals surface area contributed by atoms with Crippen LogP contribution in [0.2, 0.25) is 0 Å². The molecule has 2 N–H and O–H groups in total. The van der Waals surface area contributed by atoms with Crippen LogP contribution >= 0.6 is 0 Å². The highest BCUT2D eigenvalue weighted by molar-refractivity contribution is 6.04. The molecule has 0 amide bonds. The number of aromatic carboxylic acids is 2. The molecule has 0 aliphatic rings. The van der Waals surface area contributed by atoms with E-state index in [2.05, 4.69) is 33.8 Å². The average Bonchev–Trinajstić information content (AvgIpc) is 2.79. The second-order valence-corrected chi connectivity index (χ2v) is 8.83. The third-order valence-electron chi connectivity index (χ3n) is 5.98. The first-order valence-corrected chi connectivity index (χ1v) is 11.6. The first-order valence-electron chi connectivity index (χ1n) is 11.6. The Hall–Kier alpha value is -3.40. The van der Waals surface area contributed by atoms with Gasteiger partial charge in [0.05, 0.1) is 11.1 Å². The van der Waals surface area contributed by atoms with Gasteiger partial charge >= 0.3 is 11.9 Å². The maximum absolute atomic E-state index is 12.2. The van der Waals surface area contributed by atoms with Crippen molar-refractivity contribution in [1.82, 2.24) is 0 Å². The number of hydrogen-bond acceptors (Lipinski definition) is 2. The molecule has 4 heteroatoms. The topological polar surface area (TPSA) is 74.6 Å². The minimum Gasteiger partial charge on any atom is -0.478 e. The van der Waals surface area contributed by atoms with E-state index in [4.69, 9.17) is 0 Å². The molecule has 0 bridgehead atoms. The molecule has 0 aliphatic heterocycles. The Bertz CT molecular complexity index is 1170. The molecule has 0 atom stereocenters. The van der Waals surface area contributed by atoms with Crippen molar-refractivity contribution in [3.05, 3.63) is 82.4 Å². The first-order chi connectivity index (χ1) is 15.8. The number of rotatable bonds is 9. The van der Waals surface area contributed by atoms with Crippen molar-refractivity contribution in [3.63, 3.8) is 0 Å². The zero-order chi connectivity index (χ0) is 24.1. The predicted octanol–water partition coefficient (Wildman–Crippen LogP) is 7.13. The highest BCUT2D eigenvalue weighted by Gasteiger charge is 2.25. The molecule has 0 saturated heterocycles. The van der Waals surface area contributed by atoms with E-state index in [0.717, 1.165) is 47.9 Å². The van der Waals surface area contributed by atoms with Crippen LogP contribution < -0.4 is 0 Å². The molecule has 3 aromatic rings. The molecule has 0 heterocycles. The average molecular weight is 445 g/mol. The van der Waals surface area contributed by atoms with Gasteiger partial charge in [0.1, 0.15) is 0 Å². The summed E-state index contributed by atoms with van der Waals surface area (Å²) < 4.78 is 0. The zero-order valence-corrected chi connectivity index (χ0v) is 19.8. The number of carbonyl (C=O) groups is 2. The third kappa shape index (κ3) is 5.00. The van der Waals surface area contributed by atoms with E-state index in [0.29, 0.717) is 17.0 Å². The van der Waals surface area contributed by atoms with Gasteiger partial charge in [0.25, 0.3) is 0 Å². The van der Waals surface area contributed by atoms with Crippen LogP contribution in [0.4, 0.5) is 0 Å². The minimum atomic E-state index is -0.990. The van der Waals surface area contributed by atoms with Gasteiger partial charge in [-0.15, -0.1) is 0 Å². The molecular formula is C29H32O4. The van der Waals surface area contributed by atoms with Crippen molar-refractivity contribution in [2.24, 2.45) is 5.92 Å². The third-order valence-corrected chi connectivity index (χ3v) is 5.98. The number of aryl methyl sites for hydroxylation is 2. The summed E-state index contributed by atoms with van der Waals surface area (Å²) in [6.07, 6.45) is 3.28. The van der Waals surface area contributed by atoms with Gasteiger partial charge < -0.3 is 10.2 Å². The molecule has 33 heavy (non-hydrogen) atoms. The molecule has 3 rings (SSSR count). The molecule has 0 fully saturated rings. The smallest absolute Gasteiger partial charge is 0.336 e. The summed E-state index contributed by atoms with van der Waals surface area (Å²) in [5, 5.41) is 20.0. The summed E-state index contributed by atoms with van der Waals surface area (Å²) in [5.74, 6) is -1.63. The van der Waals surface area contributed by atoms with Crippen molar-refractivity contribution >= 4 is 11.9 Å². The lowest BCUT2D eigenvalue weighted by atomic mass is 9.78. The molecule has 0 aromatic heterocycles. The summed E-state index contributed by atoms with van der Waals surface area (Å²) in [5.41, 5.74) is 6.80. The summed E-state index contributed by atoms with van der Waals surface area (Å²) in [7, 11) is 0. The fourth-order valence-electron chi connectivity index (χ4n) is 4.65. The Kier molecular flexibility index (Phi) is 7.70. The highest BCUT2D eigenvalue weighted by atomic mass is 16.4. The molecular weight excluding hydrogens is 412 g/mol. The van der Waals surface area contributed by atoms with E-state index >= 15 is 0 Å². The van der Waals surface area contributed by atoms with Gasteiger partial charge in [-0.1, -0.05) is 76.6 Å². The Balaban J connectivity index is 2.59. The van der Waals surface area contributed by atoms with E-state index in [1.807, 2.05) is 24.3 Å². The lowest BCUT2D eigenvalue weighted by Gasteiger charge is -2.25. The van der Waals surface area contributed by atoms with E-state index < -0.39 is 11.9 Å². The van der Waals surface area contributed by atoms with E-state index in [9.17, 15) is 19.8 Å². The summed E-state index contributed by atoms with van der Waals surface area (Å²) >= 11 is 0. The van der Waals surface area contributed by atoms with Gasteiger partial charge in [-0.2, -0.15) is 0 Å². The van der Waals surface area contributed by atoms with Crippen LogP contribution in [-0.2, 0) is 19.3 Å². The second-order valence-electron chi connectivity index (χ2n) is 8.83. The van der Waals surface area contributed by atoms with Crippen molar-refractivity contribution in [2.75, 3.05) is 0 Å². The number of benzene rings is 3. The SMILES string of the molecule is CCCc1cc(CC)c(CC(C)C)c(-c2ccccc2C(=O)O)c1-c1ccccc1C(=O)O. The van der Waals surface area contributed by atoms with Gasteiger partial charge in [0.15, 0.2) is 0 Å². The Labute approximate surface area is 195 Å². The second kappa shape index (κ2) is 10.5. The lowest BCUT2D eigenvalue weighted by molar-refractivity contribution is 0.0686. The summed E-state index contributed by atoms with van der Waals surface area (Å²) in [6.45, 7) is 8.52. The maximum atomic E-state index is 12.2. The molecule has 0 spiro atoms. The molecule has 3 aromatic carbocycles. The molecule has 0 radical (unpaired) electrons. The van der Waals surface area contributed by atoms with Crippen molar-refractivity contribution in [3.8, 4) is 22.3 Å².